The molecule has 0 aliphatic heterocycles. The zero-order valence-electron chi connectivity index (χ0n) is 18.2. The van der Waals surface area contributed by atoms with Crippen LogP contribution in [0.15, 0.2) is 59.6 Å². The van der Waals surface area contributed by atoms with Crippen LogP contribution in [0.3, 0.4) is 0 Å². The fourth-order valence-corrected chi connectivity index (χ4v) is 2.89. The van der Waals surface area contributed by atoms with Gasteiger partial charge in [-0.2, -0.15) is 10.5 Å². The topological polar surface area (TPSA) is 177 Å². The molecule has 0 bridgehead atoms. The van der Waals surface area contributed by atoms with Crippen LogP contribution in [0.5, 0.6) is 0 Å². The number of rotatable bonds is 9. The number of nitrogens with one attached hydrogen (secondary N) is 3. The summed E-state index contributed by atoms with van der Waals surface area (Å²) in [4.78, 5) is 40.6. The van der Waals surface area contributed by atoms with Crippen LogP contribution in [0.25, 0.3) is 0 Å². The molecule has 2 rings (SSSR count). The minimum atomic E-state index is -1.47. The molecule has 11 heteroatoms. The molecule has 0 heterocycles. The Morgan fingerprint density at radius 3 is 2.32 bits per heavy atom. The number of carboxylic acids is 1. The van der Waals surface area contributed by atoms with Gasteiger partial charge in [-0.1, -0.05) is 30.3 Å². The molecule has 0 aliphatic carbocycles. The number of hydrogen-bond donors (Lipinski definition) is 4. The number of nitriles is 2. The highest BCUT2D eigenvalue weighted by molar-refractivity contribution is 5.98. The lowest BCUT2D eigenvalue weighted by atomic mass is 10.1. The minimum absolute atomic E-state index is 0.121. The van der Waals surface area contributed by atoms with Crippen LogP contribution >= 0.6 is 0 Å². The fourth-order valence-electron chi connectivity index (χ4n) is 2.89. The molecule has 4 N–H and O–H groups in total. The molecule has 174 valence electrons. The average Bonchev–Trinajstić information content (AvgIpc) is 2.83. The summed E-state index contributed by atoms with van der Waals surface area (Å²) in [6, 6.07) is 14.5. The van der Waals surface area contributed by atoms with Crippen molar-refractivity contribution in [3.8, 4) is 12.3 Å². The Hall–Kier alpha value is -4.90. The SMILES string of the molecule is COC(=O)[C@H](Cc1ccccc1)NC(=O)[C@H](CC(=O)O)N=C(NC#N)Nc1ccc(C#N)cc1. The van der Waals surface area contributed by atoms with Crippen LogP contribution in [0.2, 0.25) is 0 Å². The Morgan fingerprint density at radius 1 is 1.09 bits per heavy atom. The first-order valence-corrected chi connectivity index (χ1v) is 10.00. The van der Waals surface area contributed by atoms with Crippen molar-refractivity contribution in [2.24, 2.45) is 4.99 Å². The number of ether oxygens (including phenoxy) is 1. The molecular formula is C23H22N6O5. The van der Waals surface area contributed by atoms with Crippen molar-refractivity contribution in [1.82, 2.24) is 10.6 Å². The molecule has 0 aliphatic rings. The lowest BCUT2D eigenvalue weighted by molar-refractivity contribution is -0.145. The number of methoxy groups -OCH3 is 1. The number of anilines is 1. The number of benzene rings is 2. The second-order valence-electron chi connectivity index (χ2n) is 6.92. The third-order valence-electron chi connectivity index (χ3n) is 4.49. The number of hydrogen-bond acceptors (Lipinski definition) is 7. The first-order chi connectivity index (χ1) is 16.4. The van der Waals surface area contributed by atoms with Crippen molar-refractivity contribution in [2.75, 3.05) is 12.4 Å². The van der Waals surface area contributed by atoms with Crippen LogP contribution in [-0.2, 0) is 25.5 Å². The van der Waals surface area contributed by atoms with Crippen molar-refractivity contribution in [3.63, 3.8) is 0 Å². The molecule has 0 aromatic heterocycles. The van der Waals surface area contributed by atoms with Crippen molar-refractivity contribution >= 4 is 29.5 Å². The fraction of sp³-hybridized carbons (Fsp3) is 0.217. The van der Waals surface area contributed by atoms with E-state index in [0.717, 1.165) is 5.56 Å². The number of guanidine groups is 1. The van der Waals surface area contributed by atoms with E-state index in [-0.39, 0.29) is 12.4 Å². The first-order valence-electron chi connectivity index (χ1n) is 10.00. The van der Waals surface area contributed by atoms with Gasteiger partial charge in [0.05, 0.1) is 25.2 Å². The van der Waals surface area contributed by atoms with Crippen molar-refractivity contribution in [1.29, 1.82) is 10.5 Å². The normalized spacial score (nSPS) is 12.3. The van der Waals surface area contributed by atoms with Gasteiger partial charge in [0.2, 0.25) is 11.9 Å². The Kier molecular flexibility index (Phi) is 9.57. The molecule has 0 saturated heterocycles. The van der Waals surface area contributed by atoms with Crippen molar-refractivity contribution in [2.45, 2.75) is 24.9 Å². The molecule has 0 fully saturated rings. The minimum Gasteiger partial charge on any atom is -0.481 e. The Balaban J connectivity index is 2.27. The second-order valence-corrected chi connectivity index (χ2v) is 6.92. The maximum atomic E-state index is 12.9. The van der Waals surface area contributed by atoms with Gasteiger partial charge in [-0.25, -0.2) is 9.79 Å². The summed E-state index contributed by atoms with van der Waals surface area (Å²) in [7, 11) is 1.18. The number of carboxylic acid groups (broad SMARTS) is 1. The molecule has 0 radical (unpaired) electrons. The summed E-state index contributed by atoms with van der Waals surface area (Å²) in [5.74, 6) is -3.04. The van der Waals surface area contributed by atoms with Gasteiger partial charge in [-0.05, 0) is 29.8 Å². The molecule has 34 heavy (non-hydrogen) atoms. The van der Waals surface area contributed by atoms with Gasteiger partial charge < -0.3 is 20.5 Å². The Bertz CT molecular complexity index is 1120. The molecule has 0 spiro atoms. The summed E-state index contributed by atoms with van der Waals surface area (Å²) in [6.45, 7) is 0. The summed E-state index contributed by atoms with van der Waals surface area (Å²) < 4.78 is 4.77. The summed E-state index contributed by atoms with van der Waals surface area (Å²) in [6.07, 6.45) is 1.08. The largest absolute Gasteiger partial charge is 0.481 e. The number of nitrogens with zero attached hydrogens (tertiary/aromatic N) is 3. The van der Waals surface area contributed by atoms with Crippen LogP contribution in [0.1, 0.15) is 17.5 Å². The summed E-state index contributed by atoms with van der Waals surface area (Å²) >= 11 is 0. The van der Waals surface area contributed by atoms with Crippen molar-refractivity contribution in [3.05, 3.63) is 65.7 Å². The summed E-state index contributed by atoms with van der Waals surface area (Å²) in [5, 5.41) is 34.7. The van der Waals surface area contributed by atoms with Crippen LogP contribution in [0.4, 0.5) is 5.69 Å². The van der Waals surface area contributed by atoms with Gasteiger partial charge in [-0.15, -0.1) is 0 Å². The number of aliphatic carboxylic acids is 1. The van der Waals surface area contributed by atoms with E-state index in [0.29, 0.717) is 11.3 Å². The molecule has 1 amide bonds. The lowest BCUT2D eigenvalue weighted by Gasteiger charge is -2.20. The van der Waals surface area contributed by atoms with E-state index in [1.165, 1.54) is 19.2 Å². The average molecular weight is 462 g/mol. The zero-order chi connectivity index (χ0) is 24.9. The highest BCUT2D eigenvalue weighted by Gasteiger charge is 2.28. The smallest absolute Gasteiger partial charge is 0.328 e. The quantitative estimate of drug-likeness (QED) is 0.140. The standard InChI is InChI=1S/C23H22N6O5/c1-34-22(33)19(11-15-5-3-2-4-6-15)28-21(32)18(12-20(30)31)29-23(26-14-25)27-17-9-7-16(13-24)8-10-17/h2-10,18-19H,11-12H2,1H3,(H,28,32)(H,30,31)(H2,26,27,29)/t18-,19-/m0/s1. The molecule has 0 unspecified atom stereocenters. The maximum Gasteiger partial charge on any atom is 0.328 e. The molecule has 0 saturated carbocycles. The van der Waals surface area contributed by atoms with Gasteiger partial charge in [0.15, 0.2) is 6.19 Å². The predicted octanol–water partition coefficient (Wildman–Crippen LogP) is 1.14. The van der Waals surface area contributed by atoms with Crippen molar-refractivity contribution < 1.29 is 24.2 Å². The second kappa shape index (κ2) is 12.8. The van der Waals surface area contributed by atoms with E-state index in [1.54, 1.807) is 48.7 Å². The van der Waals surface area contributed by atoms with Gasteiger partial charge in [0, 0.05) is 12.1 Å². The van der Waals surface area contributed by atoms with Crippen LogP contribution in [-0.4, -0.2) is 48.1 Å². The Morgan fingerprint density at radius 2 is 1.76 bits per heavy atom. The van der Waals surface area contributed by atoms with Gasteiger partial charge in [0.1, 0.15) is 12.1 Å². The zero-order valence-corrected chi connectivity index (χ0v) is 18.2. The molecule has 2 aromatic carbocycles. The third-order valence-corrected chi connectivity index (χ3v) is 4.49. The molecule has 2 atom stereocenters. The number of aliphatic imine (C=N–C) groups is 1. The molecule has 2 aromatic rings. The maximum absolute atomic E-state index is 12.9. The lowest BCUT2D eigenvalue weighted by Crippen LogP contribution is -2.47. The Labute approximate surface area is 195 Å². The number of amides is 1. The van der Waals surface area contributed by atoms with E-state index in [1.807, 2.05) is 6.07 Å². The summed E-state index contributed by atoms with van der Waals surface area (Å²) in [5.41, 5.74) is 1.60. The number of carbonyl (C=O) groups excluding carboxylic acids is 2. The van der Waals surface area contributed by atoms with Gasteiger partial charge in [0.25, 0.3) is 0 Å². The monoisotopic (exact) mass is 462 g/mol. The first kappa shape index (κ1) is 25.4. The van der Waals surface area contributed by atoms with Crippen LogP contribution in [0, 0.1) is 22.8 Å². The predicted molar refractivity (Wildman–Crippen MR) is 121 cm³/mol. The number of carbonyl (C=O) groups is 3. The van der Waals surface area contributed by atoms with E-state index in [9.17, 15) is 19.5 Å². The molecular weight excluding hydrogens is 440 g/mol. The van der Waals surface area contributed by atoms with Crippen LogP contribution < -0.4 is 16.0 Å². The van der Waals surface area contributed by atoms with E-state index >= 15 is 0 Å². The highest BCUT2D eigenvalue weighted by Crippen LogP contribution is 2.10. The third kappa shape index (κ3) is 7.98. The van der Waals surface area contributed by atoms with E-state index in [4.69, 9.17) is 15.3 Å². The van der Waals surface area contributed by atoms with Gasteiger partial charge >= 0.3 is 11.9 Å². The number of esters is 1. The van der Waals surface area contributed by atoms with E-state index in [2.05, 4.69) is 20.9 Å². The van der Waals surface area contributed by atoms with E-state index < -0.39 is 36.4 Å². The molecule has 11 nitrogen and oxygen atoms in total. The highest BCUT2D eigenvalue weighted by atomic mass is 16.5. The van der Waals surface area contributed by atoms with Gasteiger partial charge in [-0.3, -0.25) is 14.9 Å².